The fourth-order valence-corrected chi connectivity index (χ4v) is 5.70. The summed E-state index contributed by atoms with van der Waals surface area (Å²) in [6.07, 6.45) is 1.32. The first-order valence-electron chi connectivity index (χ1n) is 6.96. The molecule has 2 rings (SSSR count). The van der Waals surface area contributed by atoms with Crippen LogP contribution < -0.4 is 10.2 Å². The van der Waals surface area contributed by atoms with Crippen LogP contribution in [0.3, 0.4) is 0 Å². The second kappa shape index (κ2) is 7.35. The van der Waals surface area contributed by atoms with Gasteiger partial charge in [-0.05, 0) is 24.2 Å². The third-order valence-corrected chi connectivity index (χ3v) is 6.89. The summed E-state index contributed by atoms with van der Waals surface area (Å²) in [5.41, 5.74) is 2.15. The van der Waals surface area contributed by atoms with Gasteiger partial charge in [-0.2, -0.15) is 11.8 Å². The van der Waals surface area contributed by atoms with Crippen molar-refractivity contribution in [1.82, 2.24) is 5.32 Å². The number of nitrogens with one attached hydrogen (secondary N) is 1. The molecule has 0 saturated carbocycles. The third kappa shape index (κ3) is 4.37. The van der Waals surface area contributed by atoms with Crippen molar-refractivity contribution < 1.29 is 8.42 Å². The Morgan fingerprint density at radius 1 is 1.48 bits per heavy atom. The summed E-state index contributed by atoms with van der Waals surface area (Å²) in [5, 5.41) is 2.87. The van der Waals surface area contributed by atoms with E-state index in [1.165, 1.54) is 11.8 Å². The molecule has 1 aromatic rings. The second-order valence-corrected chi connectivity index (χ2v) is 9.32. The molecular formula is C14H21BrN2O2S2. The van der Waals surface area contributed by atoms with Gasteiger partial charge < -0.3 is 10.2 Å². The standard InChI is InChI=1S/C14H21BrN2O2S2/c1-3-16-9-11-4-5-12(8-13(11)15)17-6-7-20-10-14(17)21(2,18)19/h4-5,8,14,16H,3,6-7,9-10H2,1-2H3. The highest BCUT2D eigenvalue weighted by Crippen LogP contribution is 2.30. The largest absolute Gasteiger partial charge is 0.353 e. The fraction of sp³-hybridized carbons (Fsp3) is 0.571. The average Bonchev–Trinajstić information content (AvgIpc) is 2.45. The molecule has 0 aromatic heterocycles. The summed E-state index contributed by atoms with van der Waals surface area (Å²) >= 11 is 5.30. The summed E-state index contributed by atoms with van der Waals surface area (Å²) < 4.78 is 25.0. The number of sulfone groups is 1. The van der Waals surface area contributed by atoms with E-state index in [-0.39, 0.29) is 0 Å². The quantitative estimate of drug-likeness (QED) is 0.833. The maximum Gasteiger partial charge on any atom is 0.169 e. The monoisotopic (exact) mass is 392 g/mol. The lowest BCUT2D eigenvalue weighted by atomic mass is 10.2. The van der Waals surface area contributed by atoms with Crippen LogP contribution in [0.1, 0.15) is 12.5 Å². The van der Waals surface area contributed by atoms with Crippen LogP contribution >= 0.6 is 27.7 Å². The van der Waals surface area contributed by atoms with E-state index in [0.29, 0.717) is 5.75 Å². The lowest BCUT2D eigenvalue weighted by Crippen LogP contribution is -2.47. The minimum Gasteiger partial charge on any atom is -0.353 e. The fourth-order valence-electron chi connectivity index (χ4n) is 2.35. The van der Waals surface area contributed by atoms with E-state index in [1.807, 2.05) is 17.0 Å². The summed E-state index contributed by atoms with van der Waals surface area (Å²) in [7, 11) is -3.08. The topological polar surface area (TPSA) is 49.4 Å². The zero-order valence-corrected chi connectivity index (χ0v) is 15.5. The van der Waals surface area contributed by atoms with Crippen LogP contribution in [0, 0.1) is 0 Å². The predicted octanol–water partition coefficient (Wildman–Crippen LogP) is 2.48. The Morgan fingerprint density at radius 3 is 2.86 bits per heavy atom. The van der Waals surface area contributed by atoms with Crippen LogP contribution in [0.5, 0.6) is 0 Å². The Hall–Kier alpha value is -0.240. The second-order valence-electron chi connectivity index (χ2n) is 5.11. The van der Waals surface area contributed by atoms with Crippen molar-refractivity contribution in [2.75, 3.05) is 35.8 Å². The zero-order valence-electron chi connectivity index (χ0n) is 12.3. The van der Waals surface area contributed by atoms with Crippen molar-refractivity contribution in [3.05, 3.63) is 28.2 Å². The summed E-state index contributed by atoms with van der Waals surface area (Å²) in [6.45, 7) is 4.57. The molecule has 1 aromatic carbocycles. The molecule has 0 radical (unpaired) electrons. The van der Waals surface area contributed by atoms with Crippen molar-refractivity contribution in [2.45, 2.75) is 18.8 Å². The first kappa shape index (κ1) is 17.1. The van der Waals surface area contributed by atoms with Gasteiger partial charge in [0.2, 0.25) is 0 Å². The number of benzene rings is 1. The van der Waals surface area contributed by atoms with Gasteiger partial charge in [0.1, 0.15) is 5.37 Å². The predicted molar refractivity (Wildman–Crippen MR) is 94.8 cm³/mol. The maximum atomic E-state index is 12.0. The van der Waals surface area contributed by atoms with Crippen LogP contribution in [0.4, 0.5) is 5.69 Å². The molecule has 1 aliphatic heterocycles. The Labute approximate surface area is 139 Å². The molecule has 0 aliphatic carbocycles. The maximum absolute atomic E-state index is 12.0. The minimum atomic E-state index is -3.08. The Morgan fingerprint density at radius 2 is 2.24 bits per heavy atom. The van der Waals surface area contributed by atoms with Crippen LogP contribution in [-0.2, 0) is 16.4 Å². The molecular weight excluding hydrogens is 372 g/mol. The van der Waals surface area contributed by atoms with Crippen LogP contribution in [0.15, 0.2) is 22.7 Å². The first-order valence-corrected chi connectivity index (χ1v) is 10.9. The van der Waals surface area contributed by atoms with E-state index in [0.717, 1.165) is 35.5 Å². The number of nitrogens with zero attached hydrogens (tertiary/aromatic N) is 1. The van der Waals surface area contributed by atoms with Crippen molar-refractivity contribution in [3.63, 3.8) is 0 Å². The summed E-state index contributed by atoms with van der Waals surface area (Å²) in [6, 6.07) is 6.11. The van der Waals surface area contributed by atoms with Crippen molar-refractivity contribution >= 4 is 43.2 Å². The van der Waals surface area contributed by atoms with Crippen molar-refractivity contribution in [2.24, 2.45) is 0 Å². The number of hydrogen-bond acceptors (Lipinski definition) is 5. The van der Waals surface area contributed by atoms with E-state index >= 15 is 0 Å². The van der Waals surface area contributed by atoms with Gasteiger partial charge in [-0.1, -0.05) is 28.9 Å². The van der Waals surface area contributed by atoms with Gasteiger partial charge in [-0.25, -0.2) is 8.42 Å². The molecule has 0 spiro atoms. The lowest BCUT2D eigenvalue weighted by Gasteiger charge is -2.36. The summed E-state index contributed by atoms with van der Waals surface area (Å²) in [5.74, 6) is 1.60. The molecule has 118 valence electrons. The molecule has 0 bridgehead atoms. The van der Waals surface area contributed by atoms with Gasteiger partial charge in [0.25, 0.3) is 0 Å². The molecule has 0 amide bonds. The van der Waals surface area contributed by atoms with Gasteiger partial charge in [0.05, 0.1) is 0 Å². The van der Waals surface area contributed by atoms with E-state index in [1.54, 1.807) is 11.8 Å². The van der Waals surface area contributed by atoms with E-state index in [2.05, 4.69) is 34.2 Å². The van der Waals surface area contributed by atoms with Gasteiger partial charge in [0, 0.05) is 41.0 Å². The van der Waals surface area contributed by atoms with Gasteiger partial charge in [0.15, 0.2) is 9.84 Å². The number of halogens is 1. The molecule has 1 unspecified atom stereocenters. The van der Waals surface area contributed by atoms with E-state index in [4.69, 9.17) is 0 Å². The molecule has 1 heterocycles. The van der Waals surface area contributed by atoms with E-state index in [9.17, 15) is 8.42 Å². The molecule has 1 N–H and O–H groups in total. The average molecular weight is 393 g/mol. The Bertz CT molecular complexity index is 593. The zero-order chi connectivity index (χ0) is 15.5. The van der Waals surface area contributed by atoms with Crippen LogP contribution in [-0.4, -0.2) is 44.6 Å². The highest BCUT2D eigenvalue weighted by atomic mass is 79.9. The molecule has 1 fully saturated rings. The SMILES string of the molecule is CCNCc1ccc(N2CCSCC2S(C)(=O)=O)cc1Br. The van der Waals surface area contributed by atoms with Crippen LogP contribution in [0.25, 0.3) is 0 Å². The number of thioether (sulfide) groups is 1. The molecule has 4 nitrogen and oxygen atoms in total. The summed E-state index contributed by atoms with van der Waals surface area (Å²) in [4.78, 5) is 2.01. The normalized spacial score (nSPS) is 19.8. The highest BCUT2D eigenvalue weighted by molar-refractivity contribution is 9.10. The number of rotatable bonds is 5. The molecule has 1 saturated heterocycles. The minimum absolute atomic E-state index is 0.428. The van der Waals surface area contributed by atoms with Crippen molar-refractivity contribution in [3.8, 4) is 0 Å². The third-order valence-electron chi connectivity index (χ3n) is 3.51. The molecule has 7 heteroatoms. The number of hydrogen-bond donors (Lipinski definition) is 1. The molecule has 1 atom stereocenters. The lowest BCUT2D eigenvalue weighted by molar-refractivity contribution is 0.584. The smallest absolute Gasteiger partial charge is 0.169 e. The van der Waals surface area contributed by atoms with E-state index < -0.39 is 15.2 Å². The first-order chi connectivity index (χ1) is 9.93. The van der Waals surface area contributed by atoms with Gasteiger partial charge in [-0.3, -0.25) is 0 Å². The Balaban J connectivity index is 2.25. The molecule has 21 heavy (non-hydrogen) atoms. The van der Waals surface area contributed by atoms with Crippen molar-refractivity contribution in [1.29, 1.82) is 0 Å². The number of anilines is 1. The Kier molecular flexibility index (Phi) is 5.99. The highest BCUT2D eigenvalue weighted by Gasteiger charge is 2.31. The van der Waals surface area contributed by atoms with Gasteiger partial charge in [-0.15, -0.1) is 0 Å². The van der Waals surface area contributed by atoms with Crippen LogP contribution in [0.2, 0.25) is 0 Å². The van der Waals surface area contributed by atoms with Gasteiger partial charge >= 0.3 is 0 Å². The molecule has 1 aliphatic rings.